The third-order valence-corrected chi connectivity index (χ3v) is 2.89. The van der Waals surface area contributed by atoms with Crippen LogP contribution in [0.3, 0.4) is 0 Å². The number of urea groups is 1. The van der Waals surface area contributed by atoms with Gasteiger partial charge in [0.05, 0.1) is 12.6 Å². The fraction of sp³-hybridized carbons (Fsp3) is 0.286. The SMILES string of the molecule is CNC(=O)NCCc1cccc2ccc(OC)nc12. The van der Waals surface area contributed by atoms with E-state index in [0.717, 1.165) is 22.9 Å². The van der Waals surface area contributed by atoms with Crippen molar-refractivity contribution in [2.75, 3.05) is 20.7 Å². The normalized spacial score (nSPS) is 10.2. The molecule has 0 fully saturated rings. The van der Waals surface area contributed by atoms with Gasteiger partial charge in [-0.25, -0.2) is 9.78 Å². The number of fused-ring (bicyclic) bond motifs is 1. The maximum Gasteiger partial charge on any atom is 0.314 e. The topological polar surface area (TPSA) is 63.2 Å². The van der Waals surface area contributed by atoms with Gasteiger partial charge >= 0.3 is 6.03 Å². The zero-order valence-corrected chi connectivity index (χ0v) is 11.1. The molecule has 19 heavy (non-hydrogen) atoms. The molecular weight excluding hydrogens is 242 g/mol. The minimum Gasteiger partial charge on any atom is -0.481 e. The molecule has 0 saturated heterocycles. The van der Waals surface area contributed by atoms with Crippen molar-refractivity contribution in [3.8, 4) is 5.88 Å². The van der Waals surface area contributed by atoms with Crippen molar-refractivity contribution >= 4 is 16.9 Å². The van der Waals surface area contributed by atoms with Crippen molar-refractivity contribution in [1.29, 1.82) is 0 Å². The van der Waals surface area contributed by atoms with Crippen LogP contribution < -0.4 is 15.4 Å². The molecule has 2 aromatic rings. The third kappa shape index (κ3) is 3.13. The van der Waals surface area contributed by atoms with E-state index in [1.165, 1.54) is 0 Å². The highest BCUT2D eigenvalue weighted by Gasteiger charge is 2.05. The monoisotopic (exact) mass is 259 g/mol. The number of ether oxygens (including phenoxy) is 1. The van der Waals surface area contributed by atoms with Crippen molar-refractivity contribution in [2.24, 2.45) is 0 Å². The van der Waals surface area contributed by atoms with Crippen LogP contribution in [0.25, 0.3) is 10.9 Å². The Morgan fingerprint density at radius 2 is 2.16 bits per heavy atom. The first-order chi connectivity index (χ1) is 9.24. The quantitative estimate of drug-likeness (QED) is 0.878. The lowest BCUT2D eigenvalue weighted by Gasteiger charge is -2.08. The zero-order valence-electron chi connectivity index (χ0n) is 11.1. The number of nitrogens with one attached hydrogen (secondary N) is 2. The number of aromatic nitrogens is 1. The number of nitrogens with zero attached hydrogens (tertiary/aromatic N) is 1. The van der Waals surface area contributed by atoms with Crippen LogP contribution in [0.5, 0.6) is 5.88 Å². The molecule has 1 aromatic heterocycles. The van der Waals surface area contributed by atoms with Crippen LogP contribution in [0.2, 0.25) is 0 Å². The fourth-order valence-electron chi connectivity index (χ4n) is 1.91. The van der Waals surface area contributed by atoms with E-state index < -0.39 is 0 Å². The molecule has 2 rings (SSSR count). The summed E-state index contributed by atoms with van der Waals surface area (Å²) in [6, 6.07) is 9.67. The van der Waals surface area contributed by atoms with Crippen molar-refractivity contribution in [2.45, 2.75) is 6.42 Å². The number of para-hydroxylation sites is 1. The summed E-state index contributed by atoms with van der Waals surface area (Å²) < 4.78 is 5.15. The molecule has 1 aromatic carbocycles. The number of amides is 2. The number of methoxy groups -OCH3 is 1. The first kappa shape index (κ1) is 13.1. The molecule has 2 amide bonds. The fourth-order valence-corrected chi connectivity index (χ4v) is 1.91. The molecule has 100 valence electrons. The number of carbonyl (C=O) groups is 1. The smallest absolute Gasteiger partial charge is 0.314 e. The van der Waals surface area contributed by atoms with Crippen molar-refractivity contribution in [1.82, 2.24) is 15.6 Å². The summed E-state index contributed by atoms with van der Waals surface area (Å²) in [5.74, 6) is 0.596. The van der Waals surface area contributed by atoms with Crippen molar-refractivity contribution in [3.05, 3.63) is 35.9 Å². The summed E-state index contributed by atoms with van der Waals surface area (Å²) in [6.45, 7) is 0.567. The van der Waals surface area contributed by atoms with Gasteiger partial charge < -0.3 is 15.4 Å². The van der Waals surface area contributed by atoms with Crippen LogP contribution >= 0.6 is 0 Å². The molecule has 0 radical (unpaired) electrons. The first-order valence-electron chi connectivity index (χ1n) is 6.13. The number of hydrogen-bond acceptors (Lipinski definition) is 3. The third-order valence-electron chi connectivity index (χ3n) is 2.89. The summed E-state index contributed by atoms with van der Waals surface area (Å²) in [6.07, 6.45) is 0.727. The largest absolute Gasteiger partial charge is 0.481 e. The van der Waals surface area contributed by atoms with Crippen LogP contribution in [-0.2, 0) is 6.42 Å². The maximum atomic E-state index is 11.1. The average Bonchev–Trinajstić information content (AvgIpc) is 2.46. The van der Waals surface area contributed by atoms with Gasteiger partial charge in [-0.15, -0.1) is 0 Å². The molecule has 0 unspecified atom stereocenters. The Morgan fingerprint density at radius 3 is 2.89 bits per heavy atom. The number of hydrogen-bond donors (Lipinski definition) is 2. The van der Waals surface area contributed by atoms with Crippen molar-refractivity contribution < 1.29 is 9.53 Å². The van der Waals surface area contributed by atoms with E-state index in [2.05, 4.69) is 15.6 Å². The number of benzene rings is 1. The molecule has 2 N–H and O–H groups in total. The van der Waals surface area contributed by atoms with Crippen LogP contribution in [0.1, 0.15) is 5.56 Å². The molecule has 0 atom stereocenters. The maximum absolute atomic E-state index is 11.1. The molecule has 0 aliphatic carbocycles. The summed E-state index contributed by atoms with van der Waals surface area (Å²) in [5.41, 5.74) is 2.01. The van der Waals surface area contributed by atoms with Gasteiger partial charge in [0.2, 0.25) is 5.88 Å². The lowest BCUT2D eigenvalue weighted by Crippen LogP contribution is -2.34. The van der Waals surface area contributed by atoms with Gasteiger partial charge in [0, 0.05) is 25.0 Å². The van der Waals surface area contributed by atoms with Gasteiger partial charge in [-0.2, -0.15) is 0 Å². The summed E-state index contributed by atoms with van der Waals surface area (Å²) in [5, 5.41) is 6.35. The number of rotatable bonds is 4. The number of pyridine rings is 1. The van der Waals surface area contributed by atoms with E-state index >= 15 is 0 Å². The molecule has 0 saturated carbocycles. The van der Waals surface area contributed by atoms with Crippen LogP contribution in [0, 0.1) is 0 Å². The molecule has 1 heterocycles. The molecule has 0 aliphatic heterocycles. The van der Waals surface area contributed by atoms with E-state index in [4.69, 9.17) is 4.74 Å². The van der Waals surface area contributed by atoms with Crippen LogP contribution in [0.15, 0.2) is 30.3 Å². The number of carbonyl (C=O) groups excluding carboxylic acids is 1. The highest BCUT2D eigenvalue weighted by Crippen LogP contribution is 2.20. The Morgan fingerprint density at radius 1 is 1.32 bits per heavy atom. The van der Waals surface area contributed by atoms with E-state index in [9.17, 15) is 4.79 Å². The highest BCUT2D eigenvalue weighted by atomic mass is 16.5. The molecule has 5 heteroatoms. The predicted octanol–water partition coefficient (Wildman–Crippen LogP) is 1.71. The Kier molecular flexibility index (Phi) is 4.18. The Balaban J connectivity index is 2.19. The second-order valence-corrected chi connectivity index (χ2v) is 4.10. The van der Waals surface area contributed by atoms with Gasteiger partial charge in [-0.05, 0) is 18.1 Å². The van der Waals surface area contributed by atoms with Crippen LogP contribution in [-0.4, -0.2) is 31.7 Å². The second kappa shape index (κ2) is 6.04. The zero-order chi connectivity index (χ0) is 13.7. The van der Waals surface area contributed by atoms with E-state index in [-0.39, 0.29) is 6.03 Å². The van der Waals surface area contributed by atoms with Gasteiger partial charge in [-0.3, -0.25) is 0 Å². The molecule has 0 spiro atoms. The average molecular weight is 259 g/mol. The van der Waals surface area contributed by atoms with Gasteiger partial charge in [-0.1, -0.05) is 18.2 Å². The van der Waals surface area contributed by atoms with E-state index in [0.29, 0.717) is 12.4 Å². The molecule has 0 aliphatic rings. The Labute approximate surface area is 112 Å². The molecule has 5 nitrogen and oxygen atoms in total. The summed E-state index contributed by atoms with van der Waals surface area (Å²) >= 11 is 0. The molecular formula is C14H17N3O2. The van der Waals surface area contributed by atoms with Crippen LogP contribution in [0.4, 0.5) is 4.79 Å². The molecule has 0 bridgehead atoms. The predicted molar refractivity (Wildman–Crippen MR) is 74.5 cm³/mol. The van der Waals surface area contributed by atoms with Crippen molar-refractivity contribution in [3.63, 3.8) is 0 Å². The van der Waals surface area contributed by atoms with E-state index in [1.54, 1.807) is 14.2 Å². The summed E-state index contributed by atoms with van der Waals surface area (Å²) in [4.78, 5) is 15.6. The standard InChI is InChI=1S/C14H17N3O2/c1-15-14(18)16-9-8-11-5-3-4-10-6-7-12(19-2)17-13(10)11/h3-7H,8-9H2,1-2H3,(H2,15,16,18). The van der Waals surface area contributed by atoms with Gasteiger partial charge in [0.1, 0.15) is 0 Å². The lowest BCUT2D eigenvalue weighted by molar-refractivity contribution is 0.243. The first-order valence-corrected chi connectivity index (χ1v) is 6.13. The van der Waals surface area contributed by atoms with E-state index in [1.807, 2.05) is 30.3 Å². The minimum atomic E-state index is -0.175. The Bertz CT molecular complexity index is 584. The minimum absolute atomic E-state index is 0.175. The summed E-state index contributed by atoms with van der Waals surface area (Å²) in [7, 11) is 3.20. The second-order valence-electron chi connectivity index (χ2n) is 4.10. The Hall–Kier alpha value is -2.30. The lowest BCUT2D eigenvalue weighted by atomic mass is 10.1. The van der Waals surface area contributed by atoms with Gasteiger partial charge in [0.15, 0.2) is 0 Å². The highest BCUT2D eigenvalue weighted by molar-refractivity contribution is 5.82. The van der Waals surface area contributed by atoms with Gasteiger partial charge in [0.25, 0.3) is 0 Å².